The van der Waals surface area contributed by atoms with Gasteiger partial charge in [-0.25, -0.2) is 0 Å². The highest BCUT2D eigenvalue weighted by atomic mass is 16.5. The second-order valence-corrected chi connectivity index (χ2v) is 12.5. The summed E-state index contributed by atoms with van der Waals surface area (Å²) < 4.78 is 14.1. The van der Waals surface area contributed by atoms with E-state index in [4.69, 9.17) is 20.3 Å². The highest BCUT2D eigenvalue weighted by Gasteiger charge is 2.46. The minimum Gasteiger partial charge on any atom is -0.490 e. The van der Waals surface area contributed by atoms with Gasteiger partial charge in [0, 0.05) is 34.8 Å². The summed E-state index contributed by atoms with van der Waals surface area (Å²) in [4.78, 5) is 19.5. The van der Waals surface area contributed by atoms with E-state index in [-0.39, 0.29) is 12.1 Å². The van der Waals surface area contributed by atoms with Crippen molar-refractivity contribution in [2.24, 2.45) is 11.7 Å². The number of carbonyl (C=O) groups is 1. The third-order valence-corrected chi connectivity index (χ3v) is 9.23. The van der Waals surface area contributed by atoms with Crippen molar-refractivity contribution < 1.29 is 14.3 Å². The van der Waals surface area contributed by atoms with Crippen LogP contribution in [0.15, 0.2) is 66.9 Å². The van der Waals surface area contributed by atoms with Gasteiger partial charge in [-0.05, 0) is 92.6 Å². The minimum absolute atomic E-state index is 0.0442. The maximum Gasteiger partial charge on any atom is 0.248 e. The summed E-state index contributed by atoms with van der Waals surface area (Å²) in [6.07, 6.45) is 7.62. The van der Waals surface area contributed by atoms with E-state index in [0.29, 0.717) is 29.6 Å². The minimum atomic E-state index is -0.451. The van der Waals surface area contributed by atoms with Gasteiger partial charge in [-0.15, -0.1) is 0 Å². The first-order chi connectivity index (χ1) is 20.4. The number of aromatic nitrogens is 3. The number of amides is 1. The number of pyridine rings is 1. The molecule has 42 heavy (non-hydrogen) atoms. The van der Waals surface area contributed by atoms with Crippen molar-refractivity contribution in [3.05, 3.63) is 78.1 Å². The highest BCUT2D eigenvalue weighted by molar-refractivity contribution is 6.01. The van der Waals surface area contributed by atoms with Gasteiger partial charge in [0.05, 0.1) is 36.5 Å². The van der Waals surface area contributed by atoms with Gasteiger partial charge in [0.25, 0.3) is 0 Å². The van der Waals surface area contributed by atoms with Crippen LogP contribution in [-0.4, -0.2) is 63.0 Å². The SMILES string of the molecule is CC(C)CC(c1ccccn1)n1nc(-c2ccc(OC3CC4CCC(C3)N4C3COC3)cc2)c2cc(C(N)=O)ccc21. The molecule has 2 aromatic carbocycles. The van der Waals surface area contributed by atoms with Gasteiger partial charge in [-0.1, -0.05) is 19.9 Å². The van der Waals surface area contributed by atoms with Crippen LogP contribution >= 0.6 is 0 Å². The maximum absolute atomic E-state index is 12.1. The predicted octanol–water partition coefficient (Wildman–Crippen LogP) is 5.61. The molecule has 3 aliphatic rings. The Labute approximate surface area is 246 Å². The van der Waals surface area contributed by atoms with Crippen LogP contribution in [0, 0.1) is 5.92 Å². The summed E-state index contributed by atoms with van der Waals surface area (Å²) in [5.41, 5.74) is 9.86. The highest BCUT2D eigenvalue weighted by Crippen LogP contribution is 2.40. The molecule has 4 aromatic rings. The fraction of sp³-hybridized carbons (Fsp3) is 0.441. The van der Waals surface area contributed by atoms with Gasteiger partial charge in [0.15, 0.2) is 0 Å². The quantitative estimate of drug-likeness (QED) is 0.284. The molecule has 0 saturated carbocycles. The fourth-order valence-electron chi connectivity index (χ4n) is 7.25. The van der Waals surface area contributed by atoms with E-state index in [9.17, 15) is 4.79 Å². The van der Waals surface area contributed by atoms with Gasteiger partial charge in [-0.2, -0.15) is 5.10 Å². The van der Waals surface area contributed by atoms with Crippen molar-refractivity contribution in [2.45, 2.75) is 76.2 Å². The Morgan fingerprint density at radius 1 is 1.02 bits per heavy atom. The number of fused-ring (bicyclic) bond motifs is 3. The van der Waals surface area contributed by atoms with Gasteiger partial charge in [-0.3, -0.25) is 19.4 Å². The first kappa shape index (κ1) is 27.1. The molecule has 3 aliphatic heterocycles. The predicted molar refractivity (Wildman–Crippen MR) is 162 cm³/mol. The van der Waals surface area contributed by atoms with Crippen molar-refractivity contribution in [3.8, 4) is 17.0 Å². The molecule has 3 fully saturated rings. The average molecular weight is 566 g/mol. The molecule has 3 saturated heterocycles. The largest absolute Gasteiger partial charge is 0.490 e. The average Bonchev–Trinajstić information content (AvgIpc) is 3.45. The molecule has 2 bridgehead atoms. The molecule has 3 unspecified atom stereocenters. The molecule has 2 aromatic heterocycles. The third kappa shape index (κ3) is 5.07. The van der Waals surface area contributed by atoms with E-state index in [1.165, 1.54) is 12.8 Å². The van der Waals surface area contributed by atoms with E-state index in [0.717, 1.165) is 66.1 Å². The summed E-state index contributed by atoms with van der Waals surface area (Å²) in [5.74, 6) is 0.870. The lowest BCUT2D eigenvalue weighted by molar-refractivity contribution is -0.102. The number of hydrogen-bond acceptors (Lipinski definition) is 6. The molecule has 8 nitrogen and oxygen atoms in total. The molecule has 0 aliphatic carbocycles. The van der Waals surface area contributed by atoms with Gasteiger partial charge in [0.1, 0.15) is 17.5 Å². The number of benzene rings is 2. The fourth-order valence-corrected chi connectivity index (χ4v) is 7.25. The summed E-state index contributed by atoms with van der Waals surface area (Å²) in [6.45, 7) is 6.18. The Bertz CT molecular complexity index is 1550. The Morgan fingerprint density at radius 2 is 1.79 bits per heavy atom. The number of primary amides is 1. The number of carbonyl (C=O) groups excluding carboxylic acids is 1. The van der Waals surface area contributed by atoms with Crippen LogP contribution in [0.1, 0.15) is 68.0 Å². The Hall–Kier alpha value is -3.75. The van der Waals surface area contributed by atoms with Crippen LogP contribution in [0.3, 0.4) is 0 Å². The van der Waals surface area contributed by atoms with Crippen molar-refractivity contribution in [1.29, 1.82) is 0 Å². The number of nitrogens with zero attached hydrogens (tertiary/aromatic N) is 4. The number of nitrogens with two attached hydrogens (primary N) is 1. The van der Waals surface area contributed by atoms with Crippen LogP contribution in [0.5, 0.6) is 5.75 Å². The molecule has 0 spiro atoms. The van der Waals surface area contributed by atoms with E-state index < -0.39 is 5.91 Å². The van der Waals surface area contributed by atoms with Crippen molar-refractivity contribution in [1.82, 2.24) is 19.7 Å². The number of piperidine rings is 1. The van der Waals surface area contributed by atoms with Crippen molar-refractivity contribution in [3.63, 3.8) is 0 Å². The third-order valence-electron chi connectivity index (χ3n) is 9.23. The Kier molecular flexibility index (Phi) is 7.20. The number of hydrogen-bond donors (Lipinski definition) is 1. The second kappa shape index (κ2) is 11.2. The van der Waals surface area contributed by atoms with E-state index >= 15 is 0 Å². The van der Waals surface area contributed by atoms with Crippen LogP contribution in [0.4, 0.5) is 0 Å². The maximum atomic E-state index is 12.1. The lowest BCUT2D eigenvalue weighted by atomic mass is 9.96. The molecule has 8 heteroatoms. The monoisotopic (exact) mass is 565 g/mol. The topological polar surface area (TPSA) is 95.5 Å². The van der Waals surface area contributed by atoms with Crippen LogP contribution in [0.25, 0.3) is 22.2 Å². The molecular weight excluding hydrogens is 526 g/mol. The van der Waals surface area contributed by atoms with E-state index in [1.807, 2.05) is 30.5 Å². The van der Waals surface area contributed by atoms with Gasteiger partial charge in [0.2, 0.25) is 5.91 Å². The molecule has 7 rings (SSSR count). The number of ether oxygens (including phenoxy) is 2. The van der Waals surface area contributed by atoms with Gasteiger partial charge >= 0.3 is 0 Å². The van der Waals surface area contributed by atoms with E-state index in [1.54, 1.807) is 6.07 Å². The summed E-state index contributed by atoms with van der Waals surface area (Å²) >= 11 is 0. The zero-order chi connectivity index (χ0) is 28.8. The standard InChI is InChI=1S/C34H39N5O3/c1-21(2)15-32(30-5-3-4-14-36-30)39-31-13-8-23(34(35)40)16-29(31)33(37-39)22-6-11-27(12-7-22)42-28-17-24-9-10-25(18-28)38(24)26-19-41-20-26/h3-8,11-14,16,21,24-26,28,32H,9-10,15,17-20H2,1-2H3,(H2,35,40). The lowest BCUT2D eigenvalue weighted by Crippen LogP contribution is -2.57. The molecule has 1 amide bonds. The first-order valence-corrected chi connectivity index (χ1v) is 15.3. The summed E-state index contributed by atoms with van der Waals surface area (Å²) in [5, 5.41) is 6.07. The summed E-state index contributed by atoms with van der Waals surface area (Å²) in [6, 6.07) is 21.6. The zero-order valence-corrected chi connectivity index (χ0v) is 24.4. The Balaban J connectivity index is 1.18. The molecule has 2 N–H and O–H groups in total. The second-order valence-electron chi connectivity index (χ2n) is 12.5. The van der Waals surface area contributed by atoms with Gasteiger partial charge < -0.3 is 15.2 Å². The lowest BCUT2D eigenvalue weighted by Gasteiger charge is -2.46. The van der Waals surface area contributed by atoms with Crippen LogP contribution in [0.2, 0.25) is 0 Å². The Morgan fingerprint density at radius 3 is 2.40 bits per heavy atom. The first-order valence-electron chi connectivity index (χ1n) is 15.3. The molecular formula is C34H39N5O3. The van der Waals surface area contributed by atoms with Crippen LogP contribution in [-0.2, 0) is 4.74 Å². The smallest absolute Gasteiger partial charge is 0.248 e. The summed E-state index contributed by atoms with van der Waals surface area (Å²) in [7, 11) is 0. The molecule has 218 valence electrons. The molecule has 3 atom stereocenters. The van der Waals surface area contributed by atoms with Crippen molar-refractivity contribution in [2.75, 3.05) is 13.2 Å². The van der Waals surface area contributed by atoms with E-state index in [2.05, 4.69) is 58.7 Å². The van der Waals surface area contributed by atoms with Crippen LogP contribution < -0.4 is 10.5 Å². The van der Waals surface area contributed by atoms with Crippen molar-refractivity contribution >= 4 is 16.8 Å². The molecule has 5 heterocycles. The normalized spacial score (nSPS) is 23.3. The zero-order valence-electron chi connectivity index (χ0n) is 24.4. The number of rotatable bonds is 9. The molecule has 0 radical (unpaired) electrons.